The van der Waals surface area contributed by atoms with Crippen LogP contribution in [-0.4, -0.2) is 18.0 Å². The molecule has 0 aromatic heterocycles. The standard InChI is InChI=1S/C6H10F3NO.ClH/c1-4(10)2-5(11)3-6(7,8)9;/h4H,2-3,10H2,1H3;1H/t4-;/m1./s1. The maximum atomic E-state index is 11.5. The molecule has 0 bridgehead atoms. The predicted molar refractivity (Wildman–Crippen MR) is 41.2 cm³/mol. The fourth-order valence-electron chi connectivity index (χ4n) is 0.655. The Morgan fingerprint density at radius 1 is 1.50 bits per heavy atom. The largest absolute Gasteiger partial charge is 0.395 e. The van der Waals surface area contributed by atoms with Crippen LogP contribution in [0.1, 0.15) is 19.8 Å². The van der Waals surface area contributed by atoms with Gasteiger partial charge < -0.3 is 5.73 Å². The van der Waals surface area contributed by atoms with E-state index >= 15 is 0 Å². The van der Waals surface area contributed by atoms with Gasteiger partial charge in [0.15, 0.2) is 0 Å². The summed E-state index contributed by atoms with van der Waals surface area (Å²) >= 11 is 0. The molecule has 0 saturated carbocycles. The first-order valence-corrected chi connectivity index (χ1v) is 3.15. The molecule has 0 radical (unpaired) electrons. The van der Waals surface area contributed by atoms with Crippen molar-refractivity contribution < 1.29 is 18.0 Å². The number of halogens is 4. The van der Waals surface area contributed by atoms with Crippen molar-refractivity contribution in [3.8, 4) is 0 Å². The first-order chi connectivity index (χ1) is 4.81. The highest BCUT2D eigenvalue weighted by atomic mass is 35.5. The summed E-state index contributed by atoms with van der Waals surface area (Å²) in [6, 6.07) is -0.496. The van der Waals surface area contributed by atoms with Gasteiger partial charge in [-0.1, -0.05) is 0 Å². The molecule has 1 atom stereocenters. The lowest BCUT2D eigenvalue weighted by molar-refractivity contribution is -0.152. The number of rotatable bonds is 3. The van der Waals surface area contributed by atoms with Gasteiger partial charge in [-0.25, -0.2) is 0 Å². The Labute approximate surface area is 74.7 Å². The first kappa shape index (κ1) is 14.2. The third-order valence-electron chi connectivity index (χ3n) is 0.947. The van der Waals surface area contributed by atoms with Crippen LogP contribution in [0.15, 0.2) is 0 Å². The van der Waals surface area contributed by atoms with Crippen LogP contribution in [0.25, 0.3) is 0 Å². The summed E-state index contributed by atoms with van der Waals surface area (Å²) in [6.45, 7) is 1.49. The average molecular weight is 206 g/mol. The fourth-order valence-corrected chi connectivity index (χ4v) is 0.655. The second kappa shape index (κ2) is 5.37. The van der Waals surface area contributed by atoms with Crippen LogP contribution in [0.5, 0.6) is 0 Å². The predicted octanol–water partition coefficient (Wildman–Crippen LogP) is 1.67. The summed E-state index contributed by atoms with van der Waals surface area (Å²) < 4.78 is 34.5. The van der Waals surface area contributed by atoms with Crippen LogP contribution in [0.3, 0.4) is 0 Å². The molecule has 0 aliphatic carbocycles. The topological polar surface area (TPSA) is 43.1 Å². The van der Waals surface area contributed by atoms with Gasteiger partial charge >= 0.3 is 6.18 Å². The number of carbonyl (C=O) groups excluding carboxylic acids is 1. The smallest absolute Gasteiger partial charge is 0.328 e. The minimum atomic E-state index is -4.40. The summed E-state index contributed by atoms with van der Waals surface area (Å²) in [5.41, 5.74) is 5.12. The molecular weight excluding hydrogens is 195 g/mol. The molecule has 2 N–H and O–H groups in total. The third-order valence-corrected chi connectivity index (χ3v) is 0.947. The number of hydrogen-bond donors (Lipinski definition) is 1. The van der Waals surface area contributed by atoms with Gasteiger partial charge in [0.1, 0.15) is 12.2 Å². The SMILES string of the molecule is C[C@@H](N)CC(=O)CC(F)(F)F.Cl. The fraction of sp³-hybridized carbons (Fsp3) is 0.833. The lowest BCUT2D eigenvalue weighted by atomic mass is 10.1. The molecule has 0 fully saturated rings. The van der Waals surface area contributed by atoms with Crippen LogP contribution in [0.4, 0.5) is 13.2 Å². The minimum Gasteiger partial charge on any atom is -0.328 e. The number of carbonyl (C=O) groups is 1. The highest BCUT2D eigenvalue weighted by Crippen LogP contribution is 2.20. The molecule has 74 valence electrons. The maximum Gasteiger partial charge on any atom is 0.395 e. The van der Waals surface area contributed by atoms with Crippen LogP contribution in [-0.2, 0) is 4.79 Å². The molecule has 0 spiro atoms. The monoisotopic (exact) mass is 205 g/mol. The Morgan fingerprint density at radius 3 is 2.17 bits per heavy atom. The molecule has 0 aliphatic rings. The number of nitrogens with two attached hydrogens (primary N) is 1. The van der Waals surface area contributed by atoms with E-state index in [0.29, 0.717) is 0 Å². The zero-order chi connectivity index (χ0) is 9.07. The van der Waals surface area contributed by atoms with Crippen LogP contribution in [0, 0.1) is 0 Å². The van der Waals surface area contributed by atoms with E-state index in [-0.39, 0.29) is 18.8 Å². The average Bonchev–Trinajstić information content (AvgIpc) is 1.53. The Morgan fingerprint density at radius 2 is 1.92 bits per heavy atom. The van der Waals surface area contributed by atoms with E-state index in [1.807, 2.05) is 0 Å². The van der Waals surface area contributed by atoms with E-state index in [9.17, 15) is 18.0 Å². The van der Waals surface area contributed by atoms with Gasteiger partial charge in [0.25, 0.3) is 0 Å². The van der Waals surface area contributed by atoms with Crippen LogP contribution >= 0.6 is 12.4 Å². The molecule has 12 heavy (non-hydrogen) atoms. The van der Waals surface area contributed by atoms with Gasteiger partial charge in [-0.05, 0) is 6.92 Å². The zero-order valence-corrected chi connectivity index (χ0v) is 7.34. The molecule has 0 unspecified atom stereocenters. The molecule has 0 saturated heterocycles. The normalized spacial score (nSPS) is 13.4. The highest BCUT2D eigenvalue weighted by molar-refractivity contribution is 5.85. The first-order valence-electron chi connectivity index (χ1n) is 3.15. The number of ketones is 1. The Hall–Kier alpha value is -0.290. The van der Waals surface area contributed by atoms with Crippen LogP contribution in [0.2, 0.25) is 0 Å². The molecule has 0 heterocycles. The Bertz CT molecular complexity index is 146. The van der Waals surface area contributed by atoms with E-state index in [0.717, 1.165) is 0 Å². The van der Waals surface area contributed by atoms with Crippen molar-refractivity contribution in [2.24, 2.45) is 5.73 Å². The van der Waals surface area contributed by atoms with E-state index in [4.69, 9.17) is 5.73 Å². The summed E-state index contributed by atoms with van der Waals surface area (Å²) in [4.78, 5) is 10.5. The molecule has 0 aliphatic heterocycles. The molecular formula is C6H11ClF3NO. The van der Waals surface area contributed by atoms with Crippen LogP contribution < -0.4 is 5.73 Å². The molecule has 0 aromatic rings. The molecule has 6 heteroatoms. The molecule has 0 aromatic carbocycles. The second-order valence-corrected chi connectivity index (χ2v) is 2.51. The summed E-state index contributed by atoms with van der Waals surface area (Å²) in [7, 11) is 0. The van der Waals surface area contributed by atoms with Gasteiger partial charge in [-0.2, -0.15) is 13.2 Å². The third kappa shape index (κ3) is 9.71. The van der Waals surface area contributed by atoms with Gasteiger partial charge in [0.2, 0.25) is 0 Å². The minimum absolute atomic E-state index is 0. The van der Waals surface area contributed by atoms with Gasteiger partial charge in [0, 0.05) is 12.5 Å². The van der Waals surface area contributed by atoms with Crippen molar-refractivity contribution in [3.05, 3.63) is 0 Å². The van der Waals surface area contributed by atoms with Crippen molar-refractivity contribution in [3.63, 3.8) is 0 Å². The number of hydrogen-bond acceptors (Lipinski definition) is 2. The summed E-state index contributed by atoms with van der Waals surface area (Å²) in [5.74, 6) is -0.854. The summed E-state index contributed by atoms with van der Waals surface area (Å²) in [5, 5.41) is 0. The molecule has 0 amide bonds. The Balaban J connectivity index is 0. The van der Waals surface area contributed by atoms with Crippen molar-refractivity contribution >= 4 is 18.2 Å². The molecule has 2 nitrogen and oxygen atoms in total. The lowest BCUT2D eigenvalue weighted by Crippen LogP contribution is -2.23. The van der Waals surface area contributed by atoms with Crippen molar-refractivity contribution in [2.75, 3.05) is 0 Å². The lowest BCUT2D eigenvalue weighted by Gasteiger charge is -2.06. The van der Waals surface area contributed by atoms with E-state index in [1.165, 1.54) is 6.92 Å². The number of Topliss-reactive ketones (excluding diaryl/α,β-unsaturated/α-hetero) is 1. The van der Waals surface area contributed by atoms with E-state index in [1.54, 1.807) is 0 Å². The van der Waals surface area contributed by atoms with Gasteiger partial charge in [-0.3, -0.25) is 4.79 Å². The number of alkyl halides is 3. The van der Waals surface area contributed by atoms with E-state index in [2.05, 4.69) is 0 Å². The van der Waals surface area contributed by atoms with Crippen molar-refractivity contribution in [2.45, 2.75) is 32.0 Å². The summed E-state index contributed by atoms with van der Waals surface area (Å²) in [6.07, 6.45) is -5.97. The Kier molecular flexibility index (Phi) is 6.38. The maximum absolute atomic E-state index is 11.5. The van der Waals surface area contributed by atoms with E-state index < -0.39 is 24.4 Å². The quantitative estimate of drug-likeness (QED) is 0.762. The van der Waals surface area contributed by atoms with Crippen molar-refractivity contribution in [1.82, 2.24) is 0 Å². The van der Waals surface area contributed by atoms with Crippen molar-refractivity contribution in [1.29, 1.82) is 0 Å². The highest BCUT2D eigenvalue weighted by Gasteiger charge is 2.30. The second-order valence-electron chi connectivity index (χ2n) is 2.51. The zero-order valence-electron chi connectivity index (χ0n) is 6.52. The van der Waals surface area contributed by atoms with Gasteiger partial charge in [0.05, 0.1) is 0 Å². The molecule has 0 rings (SSSR count). The van der Waals surface area contributed by atoms with Gasteiger partial charge in [-0.15, -0.1) is 12.4 Å².